The van der Waals surface area contributed by atoms with E-state index in [1.807, 2.05) is 43.3 Å². The van der Waals surface area contributed by atoms with E-state index in [-0.39, 0.29) is 29.8 Å². The highest BCUT2D eigenvalue weighted by molar-refractivity contribution is 7.15. The number of hydrazine groups is 1. The van der Waals surface area contributed by atoms with E-state index in [1.54, 1.807) is 12.1 Å². The van der Waals surface area contributed by atoms with E-state index in [9.17, 15) is 14.9 Å². The Morgan fingerprint density at radius 2 is 2.12 bits per heavy atom. The highest BCUT2D eigenvalue weighted by Crippen LogP contribution is 2.28. The Labute approximate surface area is 191 Å². The first kappa shape index (κ1) is 21.2. The molecule has 1 aliphatic rings. The van der Waals surface area contributed by atoms with Crippen LogP contribution in [0.1, 0.15) is 23.0 Å². The van der Waals surface area contributed by atoms with Crippen molar-refractivity contribution in [3.8, 4) is 5.75 Å². The number of hydrogen-bond acceptors (Lipinski definition) is 9. The van der Waals surface area contributed by atoms with Crippen LogP contribution in [0.3, 0.4) is 0 Å². The smallest absolute Gasteiger partial charge is 0.290 e. The number of fused-ring (bicyclic) bond motifs is 1. The van der Waals surface area contributed by atoms with Crippen LogP contribution in [-0.2, 0) is 6.61 Å². The van der Waals surface area contributed by atoms with Crippen molar-refractivity contribution in [2.75, 3.05) is 6.54 Å². The van der Waals surface area contributed by atoms with E-state index >= 15 is 0 Å². The van der Waals surface area contributed by atoms with Gasteiger partial charge in [0.15, 0.2) is 5.82 Å². The summed E-state index contributed by atoms with van der Waals surface area (Å²) in [5.74, 6) is 1.07. The lowest BCUT2D eigenvalue weighted by molar-refractivity contribution is -0.384. The maximum atomic E-state index is 12.9. The first-order valence-electron chi connectivity index (χ1n) is 10.3. The van der Waals surface area contributed by atoms with Gasteiger partial charge in [-0.05, 0) is 24.6 Å². The highest BCUT2D eigenvalue weighted by Gasteiger charge is 2.28. The number of hydrogen-bond donors (Lipinski definition) is 2. The molecule has 168 valence electrons. The fourth-order valence-corrected chi connectivity index (χ4v) is 4.73. The fraction of sp³-hybridized carbons (Fsp3) is 0.227. The van der Waals surface area contributed by atoms with Crippen LogP contribution in [0.15, 0.2) is 53.3 Å². The summed E-state index contributed by atoms with van der Waals surface area (Å²) < 4.78 is 7.53. The van der Waals surface area contributed by atoms with Gasteiger partial charge in [-0.3, -0.25) is 20.3 Å². The van der Waals surface area contributed by atoms with Crippen molar-refractivity contribution in [3.63, 3.8) is 0 Å². The van der Waals surface area contributed by atoms with Gasteiger partial charge in [-0.15, -0.1) is 5.10 Å². The van der Waals surface area contributed by atoms with Gasteiger partial charge in [0.05, 0.1) is 15.5 Å². The molecule has 2 unspecified atom stereocenters. The van der Waals surface area contributed by atoms with E-state index in [2.05, 4.69) is 20.9 Å². The van der Waals surface area contributed by atoms with Crippen LogP contribution >= 0.6 is 11.3 Å². The molecular weight excluding hydrogens is 444 g/mol. The van der Waals surface area contributed by atoms with E-state index in [1.165, 1.54) is 21.9 Å². The third-order valence-electron chi connectivity index (χ3n) is 5.44. The van der Waals surface area contributed by atoms with E-state index < -0.39 is 4.92 Å². The Morgan fingerprint density at radius 1 is 1.30 bits per heavy atom. The minimum atomic E-state index is -0.416. The molecule has 11 heteroatoms. The molecule has 0 spiro atoms. The van der Waals surface area contributed by atoms with Gasteiger partial charge >= 0.3 is 0 Å². The summed E-state index contributed by atoms with van der Waals surface area (Å²) in [6, 6.07) is 14.0. The molecule has 1 saturated heterocycles. The Hall–Kier alpha value is -3.67. The molecule has 2 aromatic carbocycles. The second-order valence-corrected chi connectivity index (χ2v) is 8.79. The second-order valence-electron chi connectivity index (χ2n) is 7.78. The average Bonchev–Trinajstić information content (AvgIpc) is 3.51. The van der Waals surface area contributed by atoms with Crippen molar-refractivity contribution in [1.29, 1.82) is 0 Å². The fourth-order valence-electron chi connectivity index (χ4n) is 3.76. The molecule has 0 aliphatic carbocycles. The number of thiazole rings is 1. The molecule has 1 aliphatic heterocycles. The van der Waals surface area contributed by atoms with Crippen LogP contribution in [0.25, 0.3) is 11.0 Å². The average molecular weight is 465 g/mol. The summed E-state index contributed by atoms with van der Waals surface area (Å²) in [4.78, 5) is 28.5. The molecule has 0 bridgehead atoms. The summed E-state index contributed by atoms with van der Waals surface area (Å²) >= 11 is 1.26. The summed E-state index contributed by atoms with van der Waals surface area (Å²) in [5, 5.41) is 15.4. The lowest BCUT2D eigenvalue weighted by atomic mass is 9.94. The monoisotopic (exact) mass is 464 g/mol. The predicted octanol–water partition coefficient (Wildman–Crippen LogP) is 1.91. The first-order chi connectivity index (χ1) is 16.0. The summed E-state index contributed by atoms with van der Waals surface area (Å²) in [6.07, 6.45) is 1.88. The van der Waals surface area contributed by atoms with Crippen LogP contribution in [-0.4, -0.2) is 26.1 Å². The number of aromatic nitrogens is 3. The number of aryl methyl sites for hydroxylation is 1. The highest BCUT2D eigenvalue weighted by atomic mass is 32.1. The number of benzene rings is 2. The molecule has 1 fully saturated rings. The second kappa shape index (κ2) is 8.70. The molecular formula is C22H20N6O4S. The summed E-state index contributed by atoms with van der Waals surface area (Å²) in [7, 11) is 0. The van der Waals surface area contributed by atoms with Crippen molar-refractivity contribution < 1.29 is 9.66 Å². The quantitative estimate of drug-likeness (QED) is 0.328. The van der Waals surface area contributed by atoms with E-state index in [0.29, 0.717) is 27.6 Å². The van der Waals surface area contributed by atoms with Gasteiger partial charge in [0, 0.05) is 24.6 Å². The van der Waals surface area contributed by atoms with Crippen LogP contribution in [0.4, 0.5) is 5.69 Å². The number of nitrogens with zero attached hydrogens (tertiary/aromatic N) is 4. The zero-order valence-corrected chi connectivity index (χ0v) is 18.4. The molecule has 3 heterocycles. The predicted molar refractivity (Wildman–Crippen MR) is 123 cm³/mol. The maximum absolute atomic E-state index is 12.9. The number of rotatable bonds is 6. The number of nitro groups is 1. The molecule has 4 aromatic rings. The molecule has 2 N–H and O–H groups in total. The zero-order valence-electron chi connectivity index (χ0n) is 17.6. The summed E-state index contributed by atoms with van der Waals surface area (Å²) in [5.41, 5.74) is 7.93. The van der Waals surface area contributed by atoms with Crippen LogP contribution < -0.4 is 25.7 Å². The number of ether oxygens (including phenoxy) is 1. The van der Waals surface area contributed by atoms with Gasteiger partial charge in [-0.1, -0.05) is 47.2 Å². The normalized spacial score (nSPS) is 18.8. The summed E-state index contributed by atoms with van der Waals surface area (Å²) in [6.45, 7) is 2.75. The molecule has 0 saturated carbocycles. The minimum absolute atomic E-state index is 0.0312. The Balaban J connectivity index is 1.37. The lowest BCUT2D eigenvalue weighted by Crippen LogP contribution is -2.27. The largest absolute Gasteiger partial charge is 0.486 e. The number of nitrogens with one attached hydrogen (secondary N) is 2. The Morgan fingerprint density at radius 3 is 2.88 bits per heavy atom. The van der Waals surface area contributed by atoms with Gasteiger partial charge in [0.25, 0.3) is 11.2 Å². The van der Waals surface area contributed by atoms with Gasteiger partial charge in [0.1, 0.15) is 12.4 Å². The van der Waals surface area contributed by atoms with E-state index in [4.69, 9.17) is 4.74 Å². The Bertz CT molecular complexity index is 1430. The maximum Gasteiger partial charge on any atom is 0.290 e. The van der Waals surface area contributed by atoms with Crippen molar-refractivity contribution >= 4 is 28.1 Å². The minimum Gasteiger partial charge on any atom is -0.486 e. The van der Waals surface area contributed by atoms with Crippen molar-refractivity contribution in [2.24, 2.45) is 5.92 Å². The molecule has 2 atom stereocenters. The van der Waals surface area contributed by atoms with Gasteiger partial charge < -0.3 is 4.74 Å². The SMILES string of the molecule is Cc1ccc(OCc2nc3s/c(=C\C4CNNC4c4cccc([N+](=O)[O-])c4)c(=O)n3n2)cc1. The van der Waals surface area contributed by atoms with Crippen molar-refractivity contribution in [3.05, 3.63) is 90.5 Å². The topological polar surface area (TPSA) is 124 Å². The Kier molecular flexibility index (Phi) is 5.58. The zero-order chi connectivity index (χ0) is 22.9. The molecule has 0 radical (unpaired) electrons. The lowest BCUT2D eigenvalue weighted by Gasteiger charge is -2.15. The van der Waals surface area contributed by atoms with Gasteiger partial charge in [0.2, 0.25) is 4.96 Å². The van der Waals surface area contributed by atoms with E-state index in [0.717, 1.165) is 11.1 Å². The number of non-ortho nitro benzene ring substituents is 1. The van der Waals surface area contributed by atoms with Crippen LogP contribution in [0.5, 0.6) is 5.75 Å². The first-order valence-corrected chi connectivity index (χ1v) is 11.1. The standard InChI is InChI=1S/C22H20N6O4S/c1-13-5-7-17(8-6-13)32-12-19-24-22-27(26-19)21(29)18(33-22)10-15-11-23-25-20(15)14-3-2-4-16(9-14)28(30)31/h2-10,15,20,23,25H,11-12H2,1H3/b18-10-. The third kappa shape index (κ3) is 4.33. The molecule has 33 heavy (non-hydrogen) atoms. The van der Waals surface area contributed by atoms with Crippen LogP contribution in [0.2, 0.25) is 0 Å². The molecule has 10 nitrogen and oxygen atoms in total. The number of nitro benzene ring substituents is 1. The third-order valence-corrected chi connectivity index (χ3v) is 6.42. The molecule has 0 amide bonds. The van der Waals surface area contributed by atoms with Crippen molar-refractivity contribution in [1.82, 2.24) is 25.4 Å². The van der Waals surface area contributed by atoms with Crippen molar-refractivity contribution in [2.45, 2.75) is 19.6 Å². The molecule has 5 rings (SSSR count). The molecule has 2 aromatic heterocycles. The van der Waals surface area contributed by atoms with Gasteiger partial charge in [-0.2, -0.15) is 9.50 Å². The van der Waals surface area contributed by atoms with Gasteiger partial charge in [-0.25, -0.2) is 5.43 Å². The van der Waals surface area contributed by atoms with Crippen LogP contribution in [0, 0.1) is 23.0 Å².